The number of hydrogen-bond acceptors (Lipinski definition) is 3. The summed E-state index contributed by atoms with van der Waals surface area (Å²) in [6.07, 6.45) is -4.04. The molecule has 0 aliphatic carbocycles. The second-order valence-electron chi connectivity index (χ2n) is 4.21. The first-order valence-corrected chi connectivity index (χ1v) is 4.66. The molecule has 0 saturated carbocycles. The molecule has 3 nitrogen and oxygen atoms in total. The van der Waals surface area contributed by atoms with E-state index in [0.29, 0.717) is 13.0 Å². The van der Waals surface area contributed by atoms with Gasteiger partial charge in [-0.05, 0) is 13.3 Å². The molecule has 86 valence electrons. The summed E-state index contributed by atoms with van der Waals surface area (Å²) in [5.74, 6) is -1.97. The molecule has 1 saturated heterocycles. The van der Waals surface area contributed by atoms with Crippen molar-refractivity contribution in [3.05, 3.63) is 0 Å². The van der Waals surface area contributed by atoms with Crippen molar-refractivity contribution in [3.8, 4) is 6.07 Å². The predicted octanol–water partition coefficient (Wildman–Crippen LogP) is 1.15. The van der Waals surface area contributed by atoms with Crippen molar-refractivity contribution in [1.82, 2.24) is 4.90 Å². The van der Waals surface area contributed by atoms with Gasteiger partial charge in [0.05, 0.1) is 11.7 Å². The molecule has 1 fully saturated rings. The maximum absolute atomic E-state index is 12.3. The van der Waals surface area contributed by atoms with E-state index in [9.17, 15) is 18.3 Å². The smallest absolute Gasteiger partial charge is 0.389 e. The van der Waals surface area contributed by atoms with E-state index in [-0.39, 0.29) is 13.1 Å². The van der Waals surface area contributed by atoms with Crippen molar-refractivity contribution in [3.63, 3.8) is 0 Å². The molecule has 0 aromatic carbocycles. The Morgan fingerprint density at radius 3 is 2.53 bits per heavy atom. The van der Waals surface area contributed by atoms with E-state index in [0.717, 1.165) is 0 Å². The number of nitrogens with zero attached hydrogens (tertiary/aromatic N) is 2. The van der Waals surface area contributed by atoms with Gasteiger partial charge in [-0.2, -0.15) is 18.4 Å². The average molecular weight is 222 g/mol. The third-order valence-electron chi connectivity index (χ3n) is 2.52. The minimum Gasteiger partial charge on any atom is -0.389 e. The van der Waals surface area contributed by atoms with Crippen molar-refractivity contribution < 1.29 is 18.3 Å². The monoisotopic (exact) mass is 222 g/mol. The first-order valence-electron chi connectivity index (χ1n) is 4.66. The van der Waals surface area contributed by atoms with Crippen LogP contribution in [-0.2, 0) is 0 Å². The SMILES string of the molecule is CC1(O)CCN(CC(C#N)C(F)(F)F)C1. The van der Waals surface area contributed by atoms with E-state index in [2.05, 4.69) is 0 Å². The fourth-order valence-electron chi connectivity index (χ4n) is 1.67. The molecule has 1 aliphatic heterocycles. The zero-order chi connectivity index (χ0) is 11.7. The van der Waals surface area contributed by atoms with Gasteiger partial charge in [-0.3, -0.25) is 4.90 Å². The summed E-state index contributed by atoms with van der Waals surface area (Å²) in [4.78, 5) is 1.47. The van der Waals surface area contributed by atoms with Gasteiger partial charge in [-0.1, -0.05) is 0 Å². The summed E-state index contributed by atoms with van der Waals surface area (Å²) in [7, 11) is 0. The number of hydrogen-bond donors (Lipinski definition) is 1. The van der Waals surface area contributed by atoms with Crippen LogP contribution in [0.5, 0.6) is 0 Å². The number of likely N-dealkylation sites (tertiary alicyclic amines) is 1. The van der Waals surface area contributed by atoms with Crippen molar-refractivity contribution in [2.45, 2.75) is 25.1 Å². The summed E-state index contributed by atoms with van der Waals surface area (Å²) >= 11 is 0. The predicted molar refractivity (Wildman–Crippen MR) is 46.8 cm³/mol. The Labute approximate surface area is 86.1 Å². The van der Waals surface area contributed by atoms with Crippen LogP contribution >= 0.6 is 0 Å². The molecule has 1 rings (SSSR count). The van der Waals surface area contributed by atoms with E-state index in [1.54, 1.807) is 6.92 Å². The Balaban J connectivity index is 2.53. The minimum absolute atomic E-state index is 0.196. The largest absolute Gasteiger partial charge is 0.405 e. The van der Waals surface area contributed by atoms with Gasteiger partial charge in [0.15, 0.2) is 5.92 Å². The van der Waals surface area contributed by atoms with Crippen LogP contribution in [0.3, 0.4) is 0 Å². The van der Waals surface area contributed by atoms with Gasteiger partial charge < -0.3 is 5.11 Å². The van der Waals surface area contributed by atoms with Crippen molar-refractivity contribution >= 4 is 0 Å². The van der Waals surface area contributed by atoms with Crippen LogP contribution in [0.1, 0.15) is 13.3 Å². The van der Waals surface area contributed by atoms with Gasteiger partial charge in [-0.15, -0.1) is 0 Å². The second kappa shape index (κ2) is 3.99. The molecule has 0 bridgehead atoms. The van der Waals surface area contributed by atoms with E-state index in [1.165, 1.54) is 11.0 Å². The van der Waals surface area contributed by atoms with E-state index in [1.807, 2.05) is 0 Å². The Hall–Kier alpha value is -0.800. The molecule has 0 radical (unpaired) electrons. The van der Waals surface area contributed by atoms with Gasteiger partial charge in [0.2, 0.25) is 0 Å². The number of nitriles is 1. The van der Waals surface area contributed by atoms with Gasteiger partial charge in [-0.25, -0.2) is 0 Å². The molecule has 0 aromatic rings. The maximum Gasteiger partial charge on any atom is 0.405 e. The molecule has 1 N–H and O–H groups in total. The molecular weight excluding hydrogens is 209 g/mol. The third-order valence-corrected chi connectivity index (χ3v) is 2.52. The molecule has 1 aliphatic rings. The molecule has 2 atom stereocenters. The van der Waals surface area contributed by atoms with Crippen LogP contribution in [0.15, 0.2) is 0 Å². The maximum atomic E-state index is 12.3. The lowest BCUT2D eigenvalue weighted by molar-refractivity contribution is -0.163. The van der Waals surface area contributed by atoms with Gasteiger partial charge >= 0.3 is 6.18 Å². The normalized spacial score (nSPS) is 30.1. The quantitative estimate of drug-likeness (QED) is 0.762. The summed E-state index contributed by atoms with van der Waals surface area (Å²) in [6, 6.07) is 1.25. The molecule has 0 aromatic heterocycles. The lowest BCUT2D eigenvalue weighted by Gasteiger charge is -2.22. The van der Waals surface area contributed by atoms with E-state index < -0.39 is 17.7 Å². The van der Waals surface area contributed by atoms with Crippen molar-refractivity contribution in [2.75, 3.05) is 19.6 Å². The highest BCUT2D eigenvalue weighted by molar-refractivity contribution is 4.94. The highest BCUT2D eigenvalue weighted by Crippen LogP contribution is 2.29. The third kappa shape index (κ3) is 3.36. The highest BCUT2D eigenvalue weighted by Gasteiger charge is 2.43. The fraction of sp³-hybridized carbons (Fsp3) is 0.889. The van der Waals surface area contributed by atoms with E-state index >= 15 is 0 Å². The second-order valence-corrected chi connectivity index (χ2v) is 4.21. The average Bonchev–Trinajstić information content (AvgIpc) is 2.39. The van der Waals surface area contributed by atoms with Crippen LogP contribution in [0.2, 0.25) is 0 Å². The van der Waals surface area contributed by atoms with Crippen LogP contribution in [-0.4, -0.2) is 41.4 Å². The van der Waals surface area contributed by atoms with Crippen LogP contribution in [0.4, 0.5) is 13.2 Å². The summed E-state index contributed by atoms with van der Waals surface area (Å²) < 4.78 is 36.8. The standard InChI is InChI=1S/C9H13F3N2O/c1-8(15)2-3-14(6-8)5-7(4-13)9(10,11)12/h7,15H,2-3,5-6H2,1H3. The van der Waals surface area contributed by atoms with Crippen LogP contribution in [0.25, 0.3) is 0 Å². The summed E-state index contributed by atoms with van der Waals surface area (Å²) in [5, 5.41) is 17.9. The molecule has 15 heavy (non-hydrogen) atoms. The minimum atomic E-state index is -4.48. The lowest BCUT2D eigenvalue weighted by atomic mass is 10.1. The summed E-state index contributed by atoms with van der Waals surface area (Å²) in [6.45, 7) is 1.83. The fourth-order valence-corrected chi connectivity index (χ4v) is 1.67. The Morgan fingerprint density at radius 1 is 1.60 bits per heavy atom. The Kier molecular flexibility index (Phi) is 3.26. The zero-order valence-corrected chi connectivity index (χ0v) is 8.38. The molecule has 0 spiro atoms. The molecule has 1 heterocycles. The van der Waals surface area contributed by atoms with Crippen LogP contribution in [0, 0.1) is 17.2 Å². The highest BCUT2D eigenvalue weighted by atomic mass is 19.4. The Bertz CT molecular complexity index is 270. The number of aliphatic hydroxyl groups is 1. The van der Waals surface area contributed by atoms with Crippen LogP contribution < -0.4 is 0 Å². The summed E-state index contributed by atoms with van der Waals surface area (Å²) in [5.41, 5.74) is -0.925. The van der Waals surface area contributed by atoms with E-state index in [4.69, 9.17) is 5.26 Å². The first-order chi connectivity index (χ1) is 6.74. The van der Waals surface area contributed by atoms with Gasteiger partial charge in [0.25, 0.3) is 0 Å². The molecular formula is C9H13F3N2O. The van der Waals surface area contributed by atoms with Crippen molar-refractivity contribution in [1.29, 1.82) is 5.26 Å². The molecule has 0 amide bonds. The van der Waals surface area contributed by atoms with Crippen molar-refractivity contribution in [2.24, 2.45) is 5.92 Å². The van der Waals surface area contributed by atoms with Gasteiger partial charge in [0.1, 0.15) is 0 Å². The number of halogens is 3. The zero-order valence-electron chi connectivity index (χ0n) is 8.38. The number of alkyl halides is 3. The topological polar surface area (TPSA) is 47.3 Å². The van der Waals surface area contributed by atoms with Gasteiger partial charge in [0, 0.05) is 19.6 Å². The lowest BCUT2D eigenvalue weighted by Crippen LogP contribution is -2.37. The number of rotatable bonds is 2. The first kappa shape index (κ1) is 12.3. The Morgan fingerprint density at radius 2 is 2.20 bits per heavy atom. The molecule has 2 unspecified atom stereocenters. The molecule has 6 heteroatoms. The number of β-amino-alcohol motifs (C(OH)–C–C–N with tert-alkyl or cyclic N) is 1.